The summed E-state index contributed by atoms with van der Waals surface area (Å²) in [6, 6.07) is 3.42. The number of benzene rings is 1. The fourth-order valence-corrected chi connectivity index (χ4v) is 2.45. The maximum atomic E-state index is 12.2. The van der Waals surface area contributed by atoms with Gasteiger partial charge in [-0.1, -0.05) is 11.6 Å². The van der Waals surface area contributed by atoms with Gasteiger partial charge in [0.2, 0.25) is 0 Å². The van der Waals surface area contributed by atoms with E-state index >= 15 is 0 Å². The monoisotopic (exact) mass is 298 g/mol. The summed E-state index contributed by atoms with van der Waals surface area (Å²) < 4.78 is 10.7. The molecule has 1 atom stereocenters. The molecular formula is C14H19ClN2O3. The van der Waals surface area contributed by atoms with Crippen molar-refractivity contribution >= 4 is 17.5 Å². The molecule has 0 radical (unpaired) electrons. The molecule has 0 saturated carbocycles. The number of ether oxygens (including phenoxy) is 2. The molecule has 1 unspecified atom stereocenters. The standard InChI is InChI=1S/C14H19ClN2O3/c1-3-20-13-11(15)6-9(7-12(13)19-2)14(18)17-10-4-5-16-8-10/h6-7,10,16H,3-5,8H2,1-2H3,(H,17,18). The van der Waals surface area contributed by atoms with Gasteiger partial charge >= 0.3 is 0 Å². The highest BCUT2D eigenvalue weighted by Crippen LogP contribution is 2.36. The zero-order valence-corrected chi connectivity index (χ0v) is 12.4. The number of hydrogen-bond acceptors (Lipinski definition) is 4. The SMILES string of the molecule is CCOc1c(Cl)cc(C(=O)NC2CCNC2)cc1OC. The lowest BCUT2D eigenvalue weighted by Crippen LogP contribution is -2.36. The van der Waals surface area contributed by atoms with E-state index in [1.165, 1.54) is 7.11 Å². The first-order valence-corrected chi connectivity index (χ1v) is 7.05. The lowest BCUT2D eigenvalue weighted by atomic mass is 10.1. The third-order valence-electron chi connectivity index (χ3n) is 3.18. The molecule has 20 heavy (non-hydrogen) atoms. The molecule has 2 rings (SSSR count). The number of rotatable bonds is 5. The van der Waals surface area contributed by atoms with Crippen LogP contribution in [-0.4, -0.2) is 38.8 Å². The Morgan fingerprint density at radius 1 is 1.55 bits per heavy atom. The minimum atomic E-state index is -0.151. The Morgan fingerprint density at radius 3 is 2.95 bits per heavy atom. The van der Waals surface area contributed by atoms with Gasteiger partial charge in [-0.15, -0.1) is 0 Å². The predicted molar refractivity (Wildman–Crippen MR) is 77.9 cm³/mol. The van der Waals surface area contributed by atoms with Crippen molar-refractivity contribution in [2.45, 2.75) is 19.4 Å². The van der Waals surface area contributed by atoms with Crippen LogP contribution in [0.2, 0.25) is 5.02 Å². The number of carbonyl (C=O) groups is 1. The van der Waals surface area contributed by atoms with Crippen molar-refractivity contribution in [3.63, 3.8) is 0 Å². The van der Waals surface area contributed by atoms with Gasteiger partial charge in [0.05, 0.1) is 18.7 Å². The quantitative estimate of drug-likeness (QED) is 0.871. The van der Waals surface area contributed by atoms with E-state index in [9.17, 15) is 4.79 Å². The van der Waals surface area contributed by atoms with Gasteiger partial charge in [0.25, 0.3) is 5.91 Å². The molecule has 2 N–H and O–H groups in total. The third-order valence-corrected chi connectivity index (χ3v) is 3.46. The second-order valence-electron chi connectivity index (χ2n) is 4.59. The van der Waals surface area contributed by atoms with Crippen LogP contribution in [0.3, 0.4) is 0 Å². The maximum Gasteiger partial charge on any atom is 0.251 e. The van der Waals surface area contributed by atoms with Crippen molar-refractivity contribution in [2.24, 2.45) is 0 Å². The minimum Gasteiger partial charge on any atom is -0.493 e. The molecule has 1 aliphatic heterocycles. The lowest BCUT2D eigenvalue weighted by molar-refractivity contribution is 0.0939. The van der Waals surface area contributed by atoms with Gasteiger partial charge in [-0.05, 0) is 32.0 Å². The third kappa shape index (κ3) is 3.35. The summed E-state index contributed by atoms with van der Waals surface area (Å²) in [4.78, 5) is 12.2. The zero-order chi connectivity index (χ0) is 14.5. The molecule has 1 saturated heterocycles. The van der Waals surface area contributed by atoms with Gasteiger partial charge < -0.3 is 20.1 Å². The normalized spacial score (nSPS) is 17.9. The highest BCUT2D eigenvalue weighted by molar-refractivity contribution is 6.32. The summed E-state index contributed by atoms with van der Waals surface area (Å²) in [6.07, 6.45) is 0.938. The molecule has 1 aliphatic rings. The van der Waals surface area contributed by atoms with E-state index in [0.29, 0.717) is 28.7 Å². The molecular weight excluding hydrogens is 280 g/mol. The van der Waals surface area contributed by atoms with Crippen molar-refractivity contribution in [1.29, 1.82) is 0 Å². The van der Waals surface area contributed by atoms with Crippen LogP contribution in [0.1, 0.15) is 23.7 Å². The van der Waals surface area contributed by atoms with Crippen molar-refractivity contribution in [2.75, 3.05) is 26.8 Å². The van der Waals surface area contributed by atoms with Gasteiger partial charge in [-0.3, -0.25) is 4.79 Å². The van der Waals surface area contributed by atoms with Gasteiger partial charge in [0.15, 0.2) is 11.5 Å². The fourth-order valence-electron chi connectivity index (χ4n) is 2.18. The Balaban J connectivity index is 2.18. The molecule has 1 aromatic rings. The molecule has 110 valence electrons. The molecule has 1 fully saturated rings. The molecule has 6 heteroatoms. The van der Waals surface area contributed by atoms with E-state index in [1.807, 2.05) is 6.92 Å². The number of nitrogens with one attached hydrogen (secondary N) is 2. The van der Waals surface area contributed by atoms with Gasteiger partial charge in [0.1, 0.15) is 0 Å². The summed E-state index contributed by atoms with van der Waals surface area (Å²) in [5.74, 6) is 0.784. The largest absolute Gasteiger partial charge is 0.493 e. The van der Waals surface area contributed by atoms with Crippen molar-refractivity contribution in [3.05, 3.63) is 22.7 Å². The van der Waals surface area contributed by atoms with Crippen LogP contribution in [-0.2, 0) is 0 Å². The Labute approximate surface area is 123 Å². The smallest absolute Gasteiger partial charge is 0.251 e. The molecule has 1 aromatic carbocycles. The molecule has 5 nitrogen and oxygen atoms in total. The van der Waals surface area contributed by atoms with Gasteiger partial charge in [0, 0.05) is 18.2 Å². The highest BCUT2D eigenvalue weighted by Gasteiger charge is 2.20. The Morgan fingerprint density at radius 2 is 2.35 bits per heavy atom. The molecule has 0 aromatic heterocycles. The number of carbonyl (C=O) groups excluding carboxylic acids is 1. The van der Waals surface area contributed by atoms with Crippen molar-refractivity contribution < 1.29 is 14.3 Å². The molecule has 1 amide bonds. The fraction of sp³-hybridized carbons (Fsp3) is 0.500. The summed E-state index contributed by atoms with van der Waals surface area (Å²) in [5.41, 5.74) is 0.474. The number of hydrogen-bond donors (Lipinski definition) is 2. The Hall–Kier alpha value is -1.46. The second kappa shape index (κ2) is 6.81. The van der Waals surface area contributed by atoms with Crippen molar-refractivity contribution in [1.82, 2.24) is 10.6 Å². The average Bonchev–Trinajstić information content (AvgIpc) is 2.93. The topological polar surface area (TPSA) is 59.6 Å². The molecule has 0 aliphatic carbocycles. The van der Waals surface area contributed by atoms with Crippen molar-refractivity contribution in [3.8, 4) is 11.5 Å². The first-order chi connectivity index (χ1) is 9.65. The molecule has 0 spiro atoms. The first-order valence-electron chi connectivity index (χ1n) is 6.67. The van der Waals surface area contributed by atoms with Crippen LogP contribution in [0.4, 0.5) is 0 Å². The number of methoxy groups -OCH3 is 1. The van der Waals surface area contributed by atoms with Crippen LogP contribution >= 0.6 is 11.6 Å². The molecule has 1 heterocycles. The maximum absolute atomic E-state index is 12.2. The lowest BCUT2D eigenvalue weighted by Gasteiger charge is -2.15. The van der Waals surface area contributed by atoms with E-state index in [-0.39, 0.29) is 11.9 Å². The van der Waals surface area contributed by atoms with E-state index in [1.54, 1.807) is 12.1 Å². The predicted octanol–water partition coefficient (Wildman–Crippen LogP) is 1.84. The summed E-state index contributed by atoms with van der Waals surface area (Å²) >= 11 is 6.16. The summed E-state index contributed by atoms with van der Waals surface area (Å²) in [5, 5.41) is 6.55. The van der Waals surface area contributed by atoms with E-state index in [4.69, 9.17) is 21.1 Å². The van der Waals surface area contributed by atoms with Crippen LogP contribution in [0, 0.1) is 0 Å². The van der Waals surface area contributed by atoms with E-state index < -0.39 is 0 Å². The van der Waals surface area contributed by atoms with Crippen LogP contribution in [0.25, 0.3) is 0 Å². The first kappa shape index (κ1) is 14.9. The van der Waals surface area contributed by atoms with Crippen LogP contribution in [0.15, 0.2) is 12.1 Å². The minimum absolute atomic E-state index is 0.151. The Bertz CT molecular complexity index is 488. The number of halogens is 1. The van der Waals surface area contributed by atoms with E-state index in [0.717, 1.165) is 19.5 Å². The zero-order valence-electron chi connectivity index (χ0n) is 11.7. The van der Waals surface area contributed by atoms with Gasteiger partial charge in [-0.2, -0.15) is 0 Å². The Kier molecular flexibility index (Phi) is 5.09. The summed E-state index contributed by atoms with van der Waals surface area (Å²) in [6.45, 7) is 4.07. The average molecular weight is 299 g/mol. The van der Waals surface area contributed by atoms with Gasteiger partial charge in [-0.25, -0.2) is 0 Å². The highest BCUT2D eigenvalue weighted by atomic mass is 35.5. The van der Waals surface area contributed by atoms with E-state index in [2.05, 4.69) is 10.6 Å². The summed E-state index contributed by atoms with van der Waals surface area (Å²) in [7, 11) is 1.52. The second-order valence-corrected chi connectivity index (χ2v) is 4.99. The molecule has 0 bridgehead atoms. The van der Waals surface area contributed by atoms with Crippen LogP contribution in [0.5, 0.6) is 11.5 Å². The number of amides is 1. The van der Waals surface area contributed by atoms with Crippen LogP contribution < -0.4 is 20.1 Å².